The van der Waals surface area contributed by atoms with E-state index in [9.17, 15) is 27.1 Å². The average molecular weight is 590 g/mol. The molecule has 4 rings (SSSR count). The Morgan fingerprint density at radius 1 is 1.07 bits per heavy atom. The topological polar surface area (TPSA) is 121 Å². The maximum Gasteiger partial charge on any atom is 0.296 e. The monoisotopic (exact) mass is 589 g/mol. The van der Waals surface area contributed by atoms with Gasteiger partial charge in [0, 0.05) is 31.0 Å². The first-order chi connectivity index (χ1) is 19.5. The Morgan fingerprint density at radius 2 is 1.83 bits per heavy atom. The van der Waals surface area contributed by atoms with Crippen LogP contribution in [0.3, 0.4) is 0 Å². The van der Waals surface area contributed by atoms with Crippen LogP contribution < -0.4 is 5.56 Å². The summed E-state index contributed by atoms with van der Waals surface area (Å²) in [6.07, 6.45) is 1.15. The Morgan fingerprint density at radius 3 is 2.49 bits per heavy atom. The number of hydrogen-bond acceptors (Lipinski definition) is 8. The minimum Gasteiger partial charge on any atom is -0.493 e. The number of methoxy groups -OCH3 is 1. The van der Waals surface area contributed by atoms with Gasteiger partial charge in [-0.3, -0.25) is 9.36 Å². The molecule has 0 amide bonds. The lowest BCUT2D eigenvalue weighted by atomic mass is 10.0. The first kappa shape index (κ1) is 29.9. The molecule has 41 heavy (non-hydrogen) atoms. The largest absolute Gasteiger partial charge is 0.493 e. The van der Waals surface area contributed by atoms with Crippen LogP contribution in [0, 0.1) is 24.5 Å². The molecule has 0 aliphatic carbocycles. The minimum atomic E-state index is -4.87. The third-order valence-corrected chi connectivity index (χ3v) is 8.16. The van der Waals surface area contributed by atoms with Crippen molar-refractivity contribution < 1.29 is 36.2 Å². The summed E-state index contributed by atoms with van der Waals surface area (Å²) >= 11 is 0. The van der Waals surface area contributed by atoms with E-state index in [-0.39, 0.29) is 47.9 Å². The molecule has 9 nitrogen and oxygen atoms in total. The van der Waals surface area contributed by atoms with E-state index >= 15 is 4.39 Å². The lowest BCUT2D eigenvalue weighted by molar-refractivity contribution is 0.114. The van der Waals surface area contributed by atoms with Gasteiger partial charge in [-0.25, -0.2) is 22.2 Å². The molecule has 2 aromatic heterocycles. The fourth-order valence-electron chi connectivity index (χ4n) is 4.40. The molecule has 0 radical (unpaired) electrons. The number of halogens is 3. The molecule has 2 aromatic carbocycles. The molecular weight excluding hydrogens is 563 g/mol. The van der Waals surface area contributed by atoms with Gasteiger partial charge in [0.25, 0.3) is 5.56 Å². The zero-order valence-electron chi connectivity index (χ0n) is 22.3. The number of benzene rings is 2. The number of sulfone groups is 1. The van der Waals surface area contributed by atoms with Crippen LogP contribution in [0.5, 0.6) is 5.88 Å². The van der Waals surface area contributed by atoms with E-state index in [0.29, 0.717) is 6.07 Å². The molecule has 0 saturated heterocycles. The molecule has 0 spiro atoms. The maximum absolute atomic E-state index is 15.2. The van der Waals surface area contributed by atoms with Crippen LogP contribution in [-0.4, -0.2) is 48.4 Å². The average Bonchev–Trinajstić information content (AvgIpc) is 2.92. The van der Waals surface area contributed by atoms with Crippen LogP contribution in [0.1, 0.15) is 29.9 Å². The second kappa shape index (κ2) is 12.2. The Hall–Kier alpha value is -4.07. The molecule has 0 aliphatic rings. The van der Waals surface area contributed by atoms with Crippen molar-refractivity contribution in [1.29, 1.82) is 0 Å². The smallest absolute Gasteiger partial charge is 0.296 e. The first-order valence-corrected chi connectivity index (χ1v) is 13.8. The summed E-state index contributed by atoms with van der Waals surface area (Å²) in [5.41, 5.74) is -0.910. The van der Waals surface area contributed by atoms with Crippen LogP contribution in [0.15, 0.2) is 69.3 Å². The minimum absolute atomic E-state index is 0.0539. The van der Waals surface area contributed by atoms with E-state index in [1.54, 1.807) is 6.92 Å². The van der Waals surface area contributed by atoms with Gasteiger partial charge in [0.2, 0.25) is 21.7 Å². The Bertz CT molecular complexity index is 1760. The predicted octanol–water partition coefficient (Wildman–Crippen LogP) is 4.34. The molecule has 1 unspecified atom stereocenters. The van der Waals surface area contributed by atoms with Crippen LogP contribution in [-0.2, 0) is 25.9 Å². The van der Waals surface area contributed by atoms with E-state index in [0.717, 1.165) is 29.0 Å². The number of nitrogens with zero attached hydrogens (tertiary/aromatic N) is 3. The quantitative estimate of drug-likeness (QED) is 0.271. The van der Waals surface area contributed by atoms with Gasteiger partial charge >= 0.3 is 0 Å². The van der Waals surface area contributed by atoms with E-state index in [1.165, 1.54) is 38.3 Å². The molecule has 0 saturated carbocycles. The molecule has 0 aliphatic heterocycles. The summed E-state index contributed by atoms with van der Waals surface area (Å²) in [6.45, 7) is 2.82. The van der Waals surface area contributed by atoms with Crippen molar-refractivity contribution in [2.24, 2.45) is 0 Å². The summed E-state index contributed by atoms with van der Waals surface area (Å²) in [4.78, 5) is 18.7. The highest BCUT2D eigenvalue weighted by atomic mass is 32.2. The number of pyridine rings is 1. The standard InChI is InChI=1S/C28H26F3N3O6S/c1-4-40-15-24-33-27(35)25(28(36)34(24)23(14-39-3)17-6-5-7-18(29)12-17)41(37,38)19-8-9-21(22(30)13-19)20-10-11-32-26(31)16(20)2/h5-13,23,36H,4,14-15H2,1-3H3. The van der Waals surface area contributed by atoms with E-state index in [4.69, 9.17) is 9.47 Å². The van der Waals surface area contributed by atoms with Gasteiger partial charge in [0.15, 0.2) is 4.90 Å². The summed E-state index contributed by atoms with van der Waals surface area (Å²) in [5.74, 6) is -3.58. The van der Waals surface area contributed by atoms with Gasteiger partial charge in [-0.2, -0.15) is 9.37 Å². The van der Waals surface area contributed by atoms with E-state index in [2.05, 4.69) is 9.97 Å². The molecule has 13 heteroatoms. The Balaban J connectivity index is 1.92. The van der Waals surface area contributed by atoms with Crippen LogP contribution in [0.4, 0.5) is 13.2 Å². The summed E-state index contributed by atoms with van der Waals surface area (Å²) in [5, 5.41) is 11.3. The highest BCUT2D eigenvalue weighted by Crippen LogP contribution is 2.34. The third-order valence-electron chi connectivity index (χ3n) is 6.39. The summed E-state index contributed by atoms with van der Waals surface area (Å²) < 4.78 is 82.3. The summed E-state index contributed by atoms with van der Waals surface area (Å²) in [7, 11) is -3.52. The molecular formula is C28H26F3N3O6S. The summed E-state index contributed by atoms with van der Waals surface area (Å²) in [6, 6.07) is 8.47. The van der Waals surface area contributed by atoms with Gasteiger partial charge in [-0.15, -0.1) is 0 Å². The van der Waals surface area contributed by atoms with Crippen molar-refractivity contribution in [2.75, 3.05) is 20.3 Å². The normalized spacial score (nSPS) is 12.4. The van der Waals surface area contributed by atoms with E-state index in [1.807, 2.05) is 0 Å². The number of ether oxygens (including phenoxy) is 2. The highest BCUT2D eigenvalue weighted by molar-refractivity contribution is 7.91. The second-order valence-corrected chi connectivity index (χ2v) is 10.8. The molecule has 4 aromatic rings. The van der Waals surface area contributed by atoms with Crippen molar-refractivity contribution in [2.45, 2.75) is 36.3 Å². The lowest BCUT2D eigenvalue weighted by Gasteiger charge is -2.25. The molecule has 1 atom stereocenters. The third kappa shape index (κ3) is 5.87. The first-order valence-electron chi connectivity index (χ1n) is 12.3. The van der Waals surface area contributed by atoms with Crippen LogP contribution in [0.2, 0.25) is 0 Å². The van der Waals surface area contributed by atoms with Crippen LogP contribution in [0.25, 0.3) is 11.1 Å². The molecule has 216 valence electrons. The van der Waals surface area contributed by atoms with Crippen molar-refractivity contribution in [1.82, 2.24) is 14.5 Å². The predicted molar refractivity (Wildman–Crippen MR) is 142 cm³/mol. The molecule has 0 fully saturated rings. The lowest BCUT2D eigenvalue weighted by Crippen LogP contribution is -2.29. The van der Waals surface area contributed by atoms with Crippen LogP contribution >= 0.6 is 0 Å². The zero-order valence-corrected chi connectivity index (χ0v) is 23.1. The SMILES string of the molecule is CCOCc1nc(=O)c(S(=O)(=O)c2ccc(-c3ccnc(F)c3C)c(F)c2)c(O)n1C(COC)c1cccc(F)c1. The highest BCUT2D eigenvalue weighted by Gasteiger charge is 2.33. The number of aromatic nitrogens is 3. The maximum atomic E-state index is 15.2. The van der Waals surface area contributed by atoms with Gasteiger partial charge in [0.1, 0.15) is 24.1 Å². The number of aromatic hydroxyl groups is 1. The fraction of sp³-hybridized carbons (Fsp3) is 0.250. The Labute approximate surface area is 233 Å². The van der Waals surface area contributed by atoms with Crippen molar-refractivity contribution in [3.8, 4) is 17.0 Å². The van der Waals surface area contributed by atoms with Gasteiger partial charge in [-0.05, 0) is 55.3 Å². The number of hydrogen-bond donors (Lipinski definition) is 1. The van der Waals surface area contributed by atoms with Crippen molar-refractivity contribution in [3.63, 3.8) is 0 Å². The van der Waals surface area contributed by atoms with Crippen molar-refractivity contribution in [3.05, 3.63) is 99.6 Å². The second-order valence-electron chi connectivity index (χ2n) is 8.94. The molecule has 2 heterocycles. The van der Waals surface area contributed by atoms with Gasteiger partial charge < -0.3 is 14.6 Å². The molecule has 1 N–H and O–H groups in total. The van der Waals surface area contributed by atoms with E-state index < -0.39 is 54.7 Å². The van der Waals surface area contributed by atoms with Crippen molar-refractivity contribution >= 4 is 9.84 Å². The zero-order chi connectivity index (χ0) is 29.9. The fourth-order valence-corrected chi connectivity index (χ4v) is 5.76. The molecule has 0 bridgehead atoms. The number of rotatable bonds is 10. The van der Waals surface area contributed by atoms with Gasteiger partial charge in [0.05, 0.1) is 17.5 Å². The van der Waals surface area contributed by atoms with Gasteiger partial charge in [-0.1, -0.05) is 18.2 Å². The Kier molecular flexibility index (Phi) is 8.90.